The molecular weight excluding hydrogens is 322 g/mol. The van der Waals surface area contributed by atoms with Gasteiger partial charge in [-0.3, -0.25) is 4.79 Å². The Morgan fingerprint density at radius 1 is 1.12 bits per heavy atom. The van der Waals surface area contributed by atoms with Crippen LogP contribution in [-0.4, -0.2) is 20.1 Å². The molecule has 0 spiro atoms. The number of nitrogens with one attached hydrogen (secondary N) is 1. The van der Waals surface area contributed by atoms with E-state index in [0.717, 1.165) is 30.4 Å². The molecule has 0 bridgehead atoms. The monoisotopic (exact) mass is 343 g/mol. The lowest BCUT2D eigenvalue weighted by Gasteiger charge is -2.26. The molecule has 1 atom stereocenters. The molecule has 126 valence electrons. The Bertz CT molecular complexity index is 841. The van der Waals surface area contributed by atoms with E-state index in [-0.39, 0.29) is 10.9 Å². The molecular formula is C19H21NO3S. The molecule has 2 aromatic rings. The molecule has 1 aliphatic carbocycles. The van der Waals surface area contributed by atoms with Gasteiger partial charge in [0.15, 0.2) is 9.84 Å². The summed E-state index contributed by atoms with van der Waals surface area (Å²) >= 11 is 0. The van der Waals surface area contributed by atoms with Gasteiger partial charge in [0.2, 0.25) is 5.91 Å². The second kappa shape index (κ2) is 6.77. The molecule has 2 aromatic carbocycles. The van der Waals surface area contributed by atoms with Crippen LogP contribution in [0.5, 0.6) is 0 Å². The smallest absolute Gasteiger partial charge is 0.236 e. The lowest BCUT2D eigenvalue weighted by molar-refractivity contribution is -0.119. The molecule has 0 radical (unpaired) electrons. The van der Waals surface area contributed by atoms with Gasteiger partial charge in [-0.1, -0.05) is 42.0 Å². The predicted molar refractivity (Wildman–Crippen MR) is 93.5 cm³/mol. The second-order valence-corrected chi connectivity index (χ2v) is 8.27. The van der Waals surface area contributed by atoms with Crippen molar-refractivity contribution >= 4 is 15.7 Å². The second-order valence-electron chi connectivity index (χ2n) is 6.28. The fourth-order valence-electron chi connectivity index (χ4n) is 3.14. The summed E-state index contributed by atoms with van der Waals surface area (Å²) in [6.45, 7) is 1.89. The fraction of sp³-hybridized carbons (Fsp3) is 0.316. The molecule has 1 unspecified atom stereocenters. The Morgan fingerprint density at radius 2 is 1.83 bits per heavy atom. The number of amides is 1. The quantitative estimate of drug-likeness (QED) is 0.928. The zero-order valence-electron chi connectivity index (χ0n) is 13.7. The Labute approximate surface area is 142 Å². The van der Waals surface area contributed by atoms with Gasteiger partial charge in [0, 0.05) is 0 Å². The summed E-state index contributed by atoms with van der Waals surface area (Å²) in [5, 5.41) is 2.89. The van der Waals surface area contributed by atoms with E-state index in [4.69, 9.17) is 0 Å². The van der Waals surface area contributed by atoms with E-state index < -0.39 is 21.5 Å². The van der Waals surface area contributed by atoms with E-state index in [1.54, 1.807) is 24.3 Å². The maximum absolute atomic E-state index is 12.4. The molecule has 1 aliphatic rings. The van der Waals surface area contributed by atoms with Crippen molar-refractivity contribution in [3.8, 4) is 0 Å². The van der Waals surface area contributed by atoms with Crippen LogP contribution in [0.15, 0.2) is 53.4 Å². The SMILES string of the molecule is Cc1ccc(S(=O)(=O)CC(=O)NC2CCCc3ccccc32)cc1. The first-order valence-electron chi connectivity index (χ1n) is 8.12. The van der Waals surface area contributed by atoms with Crippen LogP contribution >= 0.6 is 0 Å². The lowest BCUT2D eigenvalue weighted by Crippen LogP contribution is -2.35. The van der Waals surface area contributed by atoms with Crippen LogP contribution in [0.1, 0.15) is 35.6 Å². The molecule has 4 nitrogen and oxygen atoms in total. The van der Waals surface area contributed by atoms with Crippen molar-refractivity contribution in [2.75, 3.05) is 5.75 Å². The number of carbonyl (C=O) groups is 1. The van der Waals surface area contributed by atoms with Gasteiger partial charge in [0.25, 0.3) is 0 Å². The van der Waals surface area contributed by atoms with Crippen LogP contribution < -0.4 is 5.32 Å². The van der Waals surface area contributed by atoms with Gasteiger partial charge < -0.3 is 5.32 Å². The van der Waals surface area contributed by atoms with Gasteiger partial charge >= 0.3 is 0 Å². The minimum atomic E-state index is -3.62. The van der Waals surface area contributed by atoms with Gasteiger partial charge in [-0.2, -0.15) is 0 Å². The van der Waals surface area contributed by atoms with Crippen molar-refractivity contribution in [3.05, 3.63) is 65.2 Å². The summed E-state index contributed by atoms with van der Waals surface area (Å²) < 4.78 is 24.8. The molecule has 0 aliphatic heterocycles. The first kappa shape index (κ1) is 16.7. The Morgan fingerprint density at radius 3 is 2.58 bits per heavy atom. The third-order valence-electron chi connectivity index (χ3n) is 4.41. The Hall–Kier alpha value is -2.14. The maximum Gasteiger partial charge on any atom is 0.236 e. The van der Waals surface area contributed by atoms with Crippen LogP contribution in [0.2, 0.25) is 0 Å². The normalized spacial score (nSPS) is 17.1. The van der Waals surface area contributed by atoms with Crippen molar-refractivity contribution in [1.29, 1.82) is 0 Å². The highest BCUT2D eigenvalue weighted by Gasteiger charge is 2.24. The number of hydrogen-bond donors (Lipinski definition) is 1. The topological polar surface area (TPSA) is 63.2 Å². The molecule has 0 fully saturated rings. The molecule has 0 heterocycles. The van der Waals surface area contributed by atoms with Crippen molar-refractivity contribution in [1.82, 2.24) is 5.32 Å². The number of sulfone groups is 1. The average Bonchev–Trinajstić information content (AvgIpc) is 2.55. The minimum absolute atomic E-state index is 0.101. The van der Waals surface area contributed by atoms with E-state index in [1.807, 2.05) is 25.1 Å². The highest BCUT2D eigenvalue weighted by Crippen LogP contribution is 2.29. The molecule has 3 rings (SSSR count). The maximum atomic E-state index is 12.4. The highest BCUT2D eigenvalue weighted by atomic mass is 32.2. The molecule has 0 saturated carbocycles. The summed E-state index contributed by atoms with van der Waals surface area (Å²) in [5.41, 5.74) is 3.32. The predicted octanol–water partition coefficient (Wildman–Crippen LogP) is 2.96. The third kappa shape index (κ3) is 3.67. The molecule has 24 heavy (non-hydrogen) atoms. The third-order valence-corrected chi connectivity index (χ3v) is 6.04. The van der Waals surface area contributed by atoms with E-state index in [9.17, 15) is 13.2 Å². The van der Waals surface area contributed by atoms with E-state index in [2.05, 4.69) is 11.4 Å². The fourth-order valence-corrected chi connectivity index (χ4v) is 4.29. The number of rotatable bonds is 4. The zero-order chi connectivity index (χ0) is 17.2. The molecule has 1 N–H and O–H groups in total. The van der Waals surface area contributed by atoms with Crippen LogP contribution in [-0.2, 0) is 21.1 Å². The Balaban J connectivity index is 1.71. The largest absolute Gasteiger partial charge is 0.348 e. The Kier molecular flexibility index (Phi) is 4.71. The van der Waals surface area contributed by atoms with Crippen molar-refractivity contribution < 1.29 is 13.2 Å². The number of aryl methyl sites for hydroxylation is 2. The average molecular weight is 343 g/mol. The molecule has 5 heteroatoms. The highest BCUT2D eigenvalue weighted by molar-refractivity contribution is 7.92. The zero-order valence-corrected chi connectivity index (χ0v) is 14.5. The van der Waals surface area contributed by atoms with Gasteiger partial charge in [-0.25, -0.2) is 8.42 Å². The number of carbonyl (C=O) groups excluding carboxylic acids is 1. The number of fused-ring (bicyclic) bond motifs is 1. The van der Waals surface area contributed by atoms with Crippen molar-refractivity contribution in [3.63, 3.8) is 0 Å². The van der Waals surface area contributed by atoms with E-state index in [0.29, 0.717) is 0 Å². The number of hydrogen-bond acceptors (Lipinski definition) is 3. The van der Waals surface area contributed by atoms with Gasteiger partial charge in [0.1, 0.15) is 5.75 Å². The van der Waals surface area contributed by atoms with Crippen molar-refractivity contribution in [2.24, 2.45) is 0 Å². The first-order valence-corrected chi connectivity index (χ1v) is 9.77. The van der Waals surface area contributed by atoms with Gasteiger partial charge in [0.05, 0.1) is 10.9 Å². The van der Waals surface area contributed by atoms with Crippen LogP contribution in [0, 0.1) is 6.92 Å². The summed E-state index contributed by atoms with van der Waals surface area (Å²) in [7, 11) is -3.62. The summed E-state index contributed by atoms with van der Waals surface area (Å²) in [4.78, 5) is 12.5. The molecule has 1 amide bonds. The molecule has 0 saturated heterocycles. The van der Waals surface area contributed by atoms with E-state index in [1.165, 1.54) is 5.56 Å². The van der Waals surface area contributed by atoms with E-state index >= 15 is 0 Å². The minimum Gasteiger partial charge on any atom is -0.348 e. The summed E-state index contributed by atoms with van der Waals surface area (Å²) in [5.74, 6) is -0.966. The standard InChI is InChI=1S/C19H21NO3S/c1-14-9-11-16(12-10-14)24(22,23)13-19(21)20-18-8-4-6-15-5-2-3-7-17(15)18/h2-3,5,7,9-12,18H,4,6,8,13H2,1H3,(H,20,21). The number of benzene rings is 2. The van der Waals surface area contributed by atoms with Gasteiger partial charge in [-0.15, -0.1) is 0 Å². The van der Waals surface area contributed by atoms with Crippen LogP contribution in [0.3, 0.4) is 0 Å². The summed E-state index contributed by atoms with van der Waals surface area (Å²) in [6, 6.07) is 14.5. The first-order chi connectivity index (χ1) is 11.5. The van der Waals surface area contributed by atoms with Crippen LogP contribution in [0.4, 0.5) is 0 Å². The van der Waals surface area contributed by atoms with Crippen molar-refractivity contribution in [2.45, 2.75) is 37.1 Å². The molecule has 0 aromatic heterocycles. The summed E-state index contributed by atoms with van der Waals surface area (Å²) in [6.07, 6.45) is 2.84. The van der Waals surface area contributed by atoms with Gasteiger partial charge in [-0.05, 0) is 49.4 Å². The van der Waals surface area contributed by atoms with Crippen LogP contribution in [0.25, 0.3) is 0 Å². The lowest BCUT2D eigenvalue weighted by atomic mass is 9.88.